The molecule has 0 aromatic carbocycles. The van der Waals surface area contributed by atoms with Crippen LogP contribution in [0, 0.1) is 5.92 Å². The summed E-state index contributed by atoms with van der Waals surface area (Å²) >= 11 is 2.36. The Morgan fingerprint density at radius 2 is 2.11 bits per heavy atom. The number of hydrogen-bond acceptors (Lipinski definition) is 4. The van der Waals surface area contributed by atoms with Crippen LogP contribution in [0.4, 0.5) is 0 Å². The van der Waals surface area contributed by atoms with Crippen LogP contribution in [0.25, 0.3) is 0 Å². The first-order valence-corrected chi connectivity index (χ1v) is 11.1. The summed E-state index contributed by atoms with van der Waals surface area (Å²) in [5.41, 5.74) is 2.95. The van der Waals surface area contributed by atoms with Gasteiger partial charge >= 0.3 is 5.97 Å². The number of nitrogens with zero attached hydrogens (tertiary/aromatic N) is 1. The van der Waals surface area contributed by atoms with Crippen LogP contribution in [0.1, 0.15) is 58.8 Å². The van der Waals surface area contributed by atoms with E-state index >= 15 is 0 Å². The molecule has 27 heavy (non-hydrogen) atoms. The normalized spacial score (nSPS) is 18.6. The van der Waals surface area contributed by atoms with Crippen LogP contribution in [0.5, 0.6) is 0 Å². The molecule has 1 rings (SSSR count). The van der Waals surface area contributed by atoms with Gasteiger partial charge in [-0.1, -0.05) is 29.4 Å². The molecule has 0 saturated heterocycles. The SMILES string of the molecule is C/C(I)=C\CC/C(C)=C/CCC1=CCC(C(=O)OCCN(C)CCO)CC1. The molecule has 1 aliphatic carbocycles. The maximum Gasteiger partial charge on any atom is 0.309 e. The van der Waals surface area contributed by atoms with E-state index < -0.39 is 0 Å². The molecule has 5 heteroatoms. The Morgan fingerprint density at radius 3 is 2.74 bits per heavy atom. The number of allylic oxidation sites excluding steroid dienone is 6. The summed E-state index contributed by atoms with van der Waals surface area (Å²) in [7, 11) is 1.91. The third-order valence-corrected chi connectivity index (χ3v) is 5.40. The number of carbonyl (C=O) groups excluding carboxylic acids is 1. The van der Waals surface area contributed by atoms with Gasteiger partial charge in [-0.05, 0) is 92.0 Å². The quantitative estimate of drug-likeness (QED) is 0.238. The van der Waals surface area contributed by atoms with Crippen LogP contribution in [-0.4, -0.2) is 49.3 Å². The van der Waals surface area contributed by atoms with Crippen molar-refractivity contribution in [2.75, 3.05) is 33.4 Å². The molecule has 1 N–H and O–H groups in total. The monoisotopic (exact) mass is 489 g/mol. The molecule has 0 aromatic heterocycles. The van der Waals surface area contributed by atoms with Crippen LogP contribution >= 0.6 is 22.6 Å². The molecule has 0 amide bonds. The lowest BCUT2D eigenvalue weighted by molar-refractivity contribution is -0.149. The van der Waals surface area contributed by atoms with E-state index in [2.05, 4.69) is 54.7 Å². The second-order valence-electron chi connectivity index (χ2n) is 7.45. The predicted octanol–water partition coefficient (Wildman–Crippen LogP) is 5.03. The number of halogens is 1. The average Bonchev–Trinajstić information content (AvgIpc) is 2.62. The van der Waals surface area contributed by atoms with Crippen molar-refractivity contribution < 1.29 is 14.6 Å². The van der Waals surface area contributed by atoms with E-state index in [4.69, 9.17) is 9.84 Å². The van der Waals surface area contributed by atoms with Gasteiger partial charge in [0.2, 0.25) is 0 Å². The lowest BCUT2D eigenvalue weighted by Gasteiger charge is -2.21. The second kappa shape index (κ2) is 14.4. The molecule has 0 aromatic rings. The summed E-state index contributed by atoms with van der Waals surface area (Å²) in [5.74, 6) is -0.0606. The zero-order valence-electron chi connectivity index (χ0n) is 17.2. The first-order chi connectivity index (χ1) is 12.9. The first kappa shape index (κ1) is 24.4. The van der Waals surface area contributed by atoms with Crippen molar-refractivity contribution in [1.82, 2.24) is 4.90 Å². The minimum absolute atomic E-state index is 0.0116. The van der Waals surface area contributed by atoms with E-state index in [0.717, 1.165) is 44.9 Å². The molecule has 0 saturated carbocycles. The van der Waals surface area contributed by atoms with Gasteiger partial charge in [0.05, 0.1) is 12.5 Å². The molecule has 1 aliphatic rings. The van der Waals surface area contributed by atoms with Gasteiger partial charge in [0.1, 0.15) is 6.61 Å². The van der Waals surface area contributed by atoms with Crippen molar-refractivity contribution in [2.45, 2.75) is 58.8 Å². The maximum absolute atomic E-state index is 12.2. The van der Waals surface area contributed by atoms with Gasteiger partial charge in [0, 0.05) is 13.1 Å². The van der Waals surface area contributed by atoms with E-state index in [1.54, 1.807) is 0 Å². The van der Waals surface area contributed by atoms with Gasteiger partial charge in [-0.3, -0.25) is 4.79 Å². The lowest BCUT2D eigenvalue weighted by atomic mass is 9.87. The summed E-state index contributed by atoms with van der Waals surface area (Å²) in [5, 5.41) is 8.86. The fraction of sp³-hybridized carbons (Fsp3) is 0.682. The number of carbonyl (C=O) groups is 1. The zero-order chi connectivity index (χ0) is 20.1. The minimum Gasteiger partial charge on any atom is -0.464 e. The van der Waals surface area contributed by atoms with Gasteiger partial charge < -0.3 is 14.7 Å². The van der Waals surface area contributed by atoms with Gasteiger partial charge in [-0.2, -0.15) is 0 Å². The van der Waals surface area contributed by atoms with Crippen molar-refractivity contribution in [1.29, 1.82) is 0 Å². The Hall–Kier alpha value is -0.660. The summed E-state index contributed by atoms with van der Waals surface area (Å²) in [6.45, 7) is 6.15. The van der Waals surface area contributed by atoms with Crippen molar-refractivity contribution in [3.05, 3.63) is 33.0 Å². The fourth-order valence-electron chi connectivity index (χ4n) is 3.14. The second-order valence-corrected chi connectivity index (χ2v) is 9.15. The van der Waals surface area contributed by atoms with Gasteiger partial charge in [0.15, 0.2) is 0 Å². The van der Waals surface area contributed by atoms with Gasteiger partial charge in [0.25, 0.3) is 0 Å². The predicted molar refractivity (Wildman–Crippen MR) is 121 cm³/mol. The number of aliphatic hydroxyl groups is 1. The molecule has 1 atom stereocenters. The summed E-state index contributed by atoms with van der Waals surface area (Å²) in [4.78, 5) is 14.1. The molecule has 0 fully saturated rings. The van der Waals surface area contributed by atoms with Crippen molar-refractivity contribution >= 4 is 28.6 Å². The van der Waals surface area contributed by atoms with Crippen LogP contribution in [0.2, 0.25) is 0 Å². The van der Waals surface area contributed by atoms with Crippen molar-refractivity contribution in [2.24, 2.45) is 5.92 Å². The molecular weight excluding hydrogens is 453 g/mol. The molecule has 0 radical (unpaired) electrons. The van der Waals surface area contributed by atoms with Crippen LogP contribution in [0.3, 0.4) is 0 Å². The summed E-state index contributed by atoms with van der Waals surface area (Å²) in [6, 6.07) is 0. The smallest absolute Gasteiger partial charge is 0.309 e. The number of esters is 1. The van der Waals surface area contributed by atoms with Crippen molar-refractivity contribution in [3.8, 4) is 0 Å². The number of rotatable bonds is 12. The van der Waals surface area contributed by atoms with Crippen molar-refractivity contribution in [3.63, 3.8) is 0 Å². The lowest BCUT2D eigenvalue weighted by Crippen LogP contribution is -2.28. The molecule has 0 bridgehead atoms. The van der Waals surface area contributed by atoms with Gasteiger partial charge in [-0.15, -0.1) is 0 Å². The number of likely N-dealkylation sites (N-methyl/N-ethyl adjacent to an activating group) is 1. The first-order valence-electron chi connectivity index (χ1n) is 10.0. The summed E-state index contributed by atoms with van der Waals surface area (Å²) < 4.78 is 6.75. The topological polar surface area (TPSA) is 49.8 Å². The molecule has 0 spiro atoms. The Kier molecular flexibility index (Phi) is 13.0. The van der Waals surface area contributed by atoms with E-state index in [-0.39, 0.29) is 18.5 Å². The molecule has 154 valence electrons. The standard InChI is InChI=1S/C22H36INO3/c1-18(6-4-8-19(2)23)7-5-9-20-10-12-21(13-11-20)22(26)27-17-15-24(3)14-16-25/h7-8,10,21,25H,4-6,9,11-17H2,1-3H3/b18-7+,19-8+. The van der Waals surface area contributed by atoms with Crippen LogP contribution in [-0.2, 0) is 9.53 Å². The highest BCUT2D eigenvalue weighted by atomic mass is 127. The Labute approximate surface area is 178 Å². The Bertz CT molecular complexity index is 536. The molecule has 0 aliphatic heterocycles. The largest absolute Gasteiger partial charge is 0.464 e. The fourth-order valence-corrected chi connectivity index (χ4v) is 3.45. The zero-order valence-corrected chi connectivity index (χ0v) is 19.3. The van der Waals surface area contributed by atoms with E-state index in [0.29, 0.717) is 19.7 Å². The Balaban J connectivity index is 2.24. The minimum atomic E-state index is -0.0722. The van der Waals surface area contributed by atoms with Gasteiger partial charge in [-0.25, -0.2) is 0 Å². The molecular formula is C22H36INO3. The highest BCUT2D eigenvalue weighted by molar-refractivity contribution is 14.1. The highest BCUT2D eigenvalue weighted by Crippen LogP contribution is 2.27. The molecule has 0 heterocycles. The molecule has 4 nitrogen and oxygen atoms in total. The average molecular weight is 489 g/mol. The van der Waals surface area contributed by atoms with E-state index in [1.807, 2.05) is 11.9 Å². The van der Waals surface area contributed by atoms with E-state index in [1.165, 1.54) is 14.7 Å². The third-order valence-electron chi connectivity index (χ3n) is 4.96. The highest BCUT2D eigenvalue weighted by Gasteiger charge is 2.22. The van der Waals surface area contributed by atoms with E-state index in [9.17, 15) is 4.79 Å². The molecule has 1 unspecified atom stereocenters. The maximum atomic E-state index is 12.2. The number of hydrogen-bond donors (Lipinski definition) is 1. The number of aliphatic hydroxyl groups excluding tert-OH is 1. The van der Waals surface area contributed by atoms with Crippen LogP contribution < -0.4 is 0 Å². The summed E-state index contributed by atoms with van der Waals surface area (Å²) in [6.07, 6.45) is 14.1. The number of ether oxygens (including phenoxy) is 1. The Morgan fingerprint density at radius 1 is 1.33 bits per heavy atom. The van der Waals surface area contributed by atoms with Crippen LogP contribution in [0.15, 0.2) is 33.0 Å². The third kappa shape index (κ3) is 11.7.